The lowest BCUT2D eigenvalue weighted by Gasteiger charge is -2.41. The van der Waals surface area contributed by atoms with Crippen molar-refractivity contribution < 1.29 is 4.79 Å². The molecule has 2 unspecified atom stereocenters. The first-order valence-corrected chi connectivity index (χ1v) is 11.8. The van der Waals surface area contributed by atoms with Gasteiger partial charge in [0.2, 0.25) is 0 Å². The van der Waals surface area contributed by atoms with E-state index in [0.29, 0.717) is 22.0 Å². The number of piperazine rings is 1. The minimum absolute atomic E-state index is 0. The summed E-state index contributed by atoms with van der Waals surface area (Å²) in [5.74, 6) is 0.365. The van der Waals surface area contributed by atoms with Crippen molar-refractivity contribution in [2.45, 2.75) is 46.3 Å². The number of benzene rings is 2. The first-order chi connectivity index (χ1) is 14.7. The van der Waals surface area contributed by atoms with E-state index in [1.807, 2.05) is 49.4 Å². The number of rotatable bonds is 7. The van der Waals surface area contributed by atoms with Gasteiger partial charge in [-0.05, 0) is 49.6 Å². The zero-order chi connectivity index (χ0) is 22.5. The normalized spacial score (nSPS) is 17.7. The van der Waals surface area contributed by atoms with Gasteiger partial charge < -0.3 is 5.32 Å². The summed E-state index contributed by atoms with van der Waals surface area (Å²) >= 11 is 12.2. The smallest absolute Gasteiger partial charge is 0.251 e. The van der Waals surface area contributed by atoms with Crippen LogP contribution in [-0.2, 0) is 6.54 Å². The number of amides is 1. The highest BCUT2D eigenvalue weighted by Crippen LogP contribution is 2.24. The zero-order valence-corrected chi connectivity index (χ0v) is 22.8. The molecule has 4 nitrogen and oxygen atoms in total. The number of aryl methyl sites for hydroxylation is 1. The van der Waals surface area contributed by atoms with Crippen LogP contribution in [0, 0.1) is 12.8 Å². The van der Waals surface area contributed by atoms with Crippen LogP contribution in [0.1, 0.15) is 42.3 Å². The van der Waals surface area contributed by atoms with E-state index in [0.717, 1.165) is 43.9 Å². The number of carbonyl (C=O) groups is 1. The predicted octanol–water partition coefficient (Wildman–Crippen LogP) is 6.11. The van der Waals surface area contributed by atoms with Crippen molar-refractivity contribution in [3.05, 3.63) is 69.2 Å². The molecule has 2 aromatic carbocycles. The van der Waals surface area contributed by atoms with E-state index in [2.05, 4.69) is 35.9 Å². The second kappa shape index (κ2) is 13.8. The van der Waals surface area contributed by atoms with E-state index in [-0.39, 0.29) is 36.8 Å². The molecule has 2 aromatic rings. The molecule has 1 N–H and O–H groups in total. The number of hydrogen-bond donors (Lipinski definition) is 1. The van der Waals surface area contributed by atoms with Gasteiger partial charge in [-0.15, -0.1) is 24.8 Å². The molecule has 184 valence electrons. The van der Waals surface area contributed by atoms with Gasteiger partial charge in [-0.25, -0.2) is 0 Å². The Bertz CT molecular complexity index is 892. The van der Waals surface area contributed by atoms with Gasteiger partial charge in [-0.3, -0.25) is 14.6 Å². The van der Waals surface area contributed by atoms with Gasteiger partial charge in [0.25, 0.3) is 5.91 Å². The summed E-state index contributed by atoms with van der Waals surface area (Å²) in [7, 11) is 0. The molecule has 1 amide bonds. The van der Waals surface area contributed by atoms with Gasteiger partial charge in [0.15, 0.2) is 0 Å². The Morgan fingerprint density at radius 1 is 1.06 bits per heavy atom. The molecule has 8 heteroatoms. The maximum absolute atomic E-state index is 12.7. The van der Waals surface area contributed by atoms with Crippen LogP contribution in [0.2, 0.25) is 10.0 Å². The number of halogens is 4. The molecule has 0 aromatic heterocycles. The largest absolute Gasteiger partial charge is 0.348 e. The van der Waals surface area contributed by atoms with Crippen molar-refractivity contribution in [2.75, 3.05) is 26.2 Å². The Morgan fingerprint density at radius 3 is 2.30 bits per heavy atom. The summed E-state index contributed by atoms with van der Waals surface area (Å²) in [6.07, 6.45) is 0. The molecular weight excluding hydrogens is 500 g/mol. The third-order valence-corrected chi connectivity index (χ3v) is 6.85. The summed E-state index contributed by atoms with van der Waals surface area (Å²) in [6, 6.07) is 14.1. The topological polar surface area (TPSA) is 35.6 Å². The van der Waals surface area contributed by atoms with Crippen molar-refractivity contribution in [1.82, 2.24) is 15.1 Å². The lowest BCUT2D eigenvalue weighted by molar-refractivity contribution is 0.0647. The van der Waals surface area contributed by atoms with E-state index in [1.54, 1.807) is 0 Å². The molecule has 1 saturated heterocycles. The van der Waals surface area contributed by atoms with Crippen molar-refractivity contribution in [2.24, 2.45) is 5.92 Å². The van der Waals surface area contributed by atoms with Crippen LogP contribution in [0.15, 0.2) is 42.5 Å². The van der Waals surface area contributed by atoms with Crippen LogP contribution in [0.5, 0.6) is 0 Å². The second-order valence-electron chi connectivity index (χ2n) is 9.02. The molecular formula is C25H35Cl4N3O. The maximum atomic E-state index is 12.7. The van der Waals surface area contributed by atoms with Gasteiger partial charge in [0.05, 0.1) is 10.0 Å². The Kier molecular flexibility index (Phi) is 12.5. The molecule has 2 atom stereocenters. The fraction of sp³-hybridized carbons (Fsp3) is 0.480. The average molecular weight is 535 g/mol. The fourth-order valence-corrected chi connectivity index (χ4v) is 4.32. The standard InChI is InChI=1S/C25H33Cl2N3O.2ClH/c1-17(2)24(28-25(31)21-8-5-18(3)6-9-21)16-29-11-12-30(19(4)14-29)15-20-7-10-22(26)23(27)13-20;;/h5-10,13,17,19,24H,11-12,14-16H2,1-4H3,(H,28,31);2*1H. The molecule has 1 fully saturated rings. The van der Waals surface area contributed by atoms with Gasteiger partial charge in [-0.1, -0.05) is 60.8 Å². The molecule has 0 aliphatic carbocycles. The van der Waals surface area contributed by atoms with Crippen LogP contribution in [0.3, 0.4) is 0 Å². The Balaban J connectivity index is 0.00000272. The average Bonchev–Trinajstić information content (AvgIpc) is 2.72. The second-order valence-corrected chi connectivity index (χ2v) is 9.83. The third kappa shape index (κ3) is 8.61. The molecule has 0 saturated carbocycles. The summed E-state index contributed by atoms with van der Waals surface area (Å²) in [5.41, 5.74) is 3.06. The van der Waals surface area contributed by atoms with E-state index < -0.39 is 0 Å². The van der Waals surface area contributed by atoms with Crippen LogP contribution >= 0.6 is 48.0 Å². The first kappa shape index (κ1) is 30.0. The van der Waals surface area contributed by atoms with Gasteiger partial charge >= 0.3 is 0 Å². The SMILES string of the molecule is Cc1ccc(C(=O)NC(CN2CCN(Cc3ccc(Cl)c(Cl)c3)C(C)C2)C(C)C)cc1.Cl.Cl. The summed E-state index contributed by atoms with van der Waals surface area (Å²) in [6.45, 7) is 13.3. The van der Waals surface area contributed by atoms with Crippen molar-refractivity contribution in [3.8, 4) is 0 Å². The zero-order valence-electron chi connectivity index (χ0n) is 19.7. The van der Waals surface area contributed by atoms with Crippen molar-refractivity contribution >= 4 is 53.9 Å². The van der Waals surface area contributed by atoms with E-state index in [4.69, 9.17) is 23.2 Å². The van der Waals surface area contributed by atoms with E-state index in [1.165, 1.54) is 5.56 Å². The highest BCUT2D eigenvalue weighted by atomic mass is 35.5. The van der Waals surface area contributed by atoms with E-state index in [9.17, 15) is 4.79 Å². The fourth-order valence-electron chi connectivity index (χ4n) is 4.00. The molecule has 3 rings (SSSR count). The van der Waals surface area contributed by atoms with Crippen LogP contribution in [0.25, 0.3) is 0 Å². The number of carbonyl (C=O) groups excluding carboxylic acids is 1. The van der Waals surface area contributed by atoms with Crippen molar-refractivity contribution in [3.63, 3.8) is 0 Å². The molecule has 0 spiro atoms. The van der Waals surface area contributed by atoms with Gasteiger partial charge in [0.1, 0.15) is 0 Å². The molecule has 0 radical (unpaired) electrons. The minimum atomic E-state index is 0. The summed E-state index contributed by atoms with van der Waals surface area (Å²) < 4.78 is 0. The molecule has 1 aliphatic heterocycles. The molecule has 33 heavy (non-hydrogen) atoms. The predicted molar refractivity (Wildman–Crippen MR) is 145 cm³/mol. The highest BCUT2D eigenvalue weighted by Gasteiger charge is 2.27. The third-order valence-electron chi connectivity index (χ3n) is 6.11. The summed E-state index contributed by atoms with van der Waals surface area (Å²) in [4.78, 5) is 17.7. The quantitative estimate of drug-likeness (QED) is 0.465. The van der Waals surface area contributed by atoms with Crippen LogP contribution in [-0.4, -0.2) is 54.0 Å². The van der Waals surface area contributed by atoms with Crippen LogP contribution in [0.4, 0.5) is 0 Å². The van der Waals surface area contributed by atoms with E-state index >= 15 is 0 Å². The van der Waals surface area contributed by atoms with Gasteiger partial charge in [0, 0.05) is 50.4 Å². The number of nitrogens with one attached hydrogen (secondary N) is 1. The number of hydrogen-bond acceptors (Lipinski definition) is 3. The Labute approximate surface area is 220 Å². The first-order valence-electron chi connectivity index (χ1n) is 11.0. The van der Waals surface area contributed by atoms with Gasteiger partial charge in [-0.2, -0.15) is 0 Å². The lowest BCUT2D eigenvalue weighted by atomic mass is 10.0. The Hall–Kier alpha value is -1.01. The summed E-state index contributed by atoms with van der Waals surface area (Å²) in [5, 5.41) is 4.45. The number of nitrogens with zero attached hydrogens (tertiary/aromatic N) is 2. The molecule has 1 aliphatic rings. The molecule has 0 bridgehead atoms. The molecule has 1 heterocycles. The minimum Gasteiger partial charge on any atom is -0.348 e. The van der Waals surface area contributed by atoms with Crippen LogP contribution < -0.4 is 5.32 Å². The lowest BCUT2D eigenvalue weighted by Crippen LogP contribution is -2.55. The monoisotopic (exact) mass is 533 g/mol. The highest BCUT2D eigenvalue weighted by molar-refractivity contribution is 6.42. The maximum Gasteiger partial charge on any atom is 0.251 e. The Morgan fingerprint density at radius 2 is 1.73 bits per heavy atom. The van der Waals surface area contributed by atoms with Crippen molar-refractivity contribution in [1.29, 1.82) is 0 Å².